The van der Waals surface area contributed by atoms with Crippen LogP contribution in [0.4, 0.5) is 0 Å². The first kappa shape index (κ1) is 8.26. The van der Waals surface area contributed by atoms with Gasteiger partial charge in [-0.25, -0.2) is 9.50 Å². The average molecular weight is 194 g/mol. The lowest BCUT2D eigenvalue weighted by Crippen LogP contribution is -1.91. The largest absolute Gasteiger partial charge is 0.219 e. The molecule has 0 atom stereocenters. The highest BCUT2D eigenvalue weighted by Crippen LogP contribution is 2.09. The zero-order valence-corrected chi connectivity index (χ0v) is 7.86. The Balaban J connectivity index is 2.61. The van der Waals surface area contributed by atoms with Gasteiger partial charge in [0.25, 0.3) is 0 Å². The van der Waals surface area contributed by atoms with Crippen molar-refractivity contribution in [3.63, 3.8) is 0 Å². The number of imidazole rings is 1. The minimum atomic E-state index is 0.463. The number of nitrogens with zero attached hydrogens (tertiary/aromatic N) is 3. The predicted octanol–water partition coefficient (Wildman–Crippen LogP) is 2.42. The first-order valence-corrected chi connectivity index (χ1v) is 4.32. The minimum Gasteiger partial charge on any atom is -0.219 e. The molecule has 0 saturated heterocycles. The van der Waals surface area contributed by atoms with E-state index in [0.717, 1.165) is 11.3 Å². The van der Waals surface area contributed by atoms with E-state index in [-0.39, 0.29) is 0 Å². The van der Waals surface area contributed by atoms with Gasteiger partial charge in [-0.15, -0.1) is 0 Å². The van der Waals surface area contributed by atoms with Crippen LogP contribution in [-0.2, 0) is 0 Å². The summed E-state index contributed by atoms with van der Waals surface area (Å²) in [4.78, 5) is 4.06. The van der Waals surface area contributed by atoms with E-state index in [4.69, 9.17) is 11.6 Å². The maximum absolute atomic E-state index is 5.72. The maximum Gasteiger partial charge on any atom is 0.155 e. The Labute approximate surface area is 80.7 Å². The van der Waals surface area contributed by atoms with Crippen molar-refractivity contribution in [3.8, 4) is 0 Å². The molecule has 0 radical (unpaired) electrons. The molecule has 0 amide bonds. The fraction of sp³-hybridized carbons (Fsp3) is 0.111. The molecule has 0 fully saturated rings. The number of aromatic nitrogens is 3. The van der Waals surface area contributed by atoms with Crippen molar-refractivity contribution < 1.29 is 0 Å². The first-order chi connectivity index (χ1) is 6.29. The summed E-state index contributed by atoms with van der Waals surface area (Å²) in [5, 5.41) is 4.73. The molecule has 3 nitrogen and oxygen atoms in total. The van der Waals surface area contributed by atoms with Crippen molar-refractivity contribution in [1.82, 2.24) is 14.6 Å². The predicted molar refractivity (Wildman–Crippen MR) is 52.7 cm³/mol. The Morgan fingerprint density at radius 1 is 1.46 bits per heavy atom. The molecule has 2 heterocycles. The highest BCUT2D eigenvalue weighted by molar-refractivity contribution is 6.29. The number of halogens is 1. The monoisotopic (exact) mass is 193 g/mol. The molecule has 0 bridgehead atoms. The van der Waals surface area contributed by atoms with Gasteiger partial charge in [0, 0.05) is 0 Å². The van der Waals surface area contributed by atoms with E-state index in [0.29, 0.717) is 5.15 Å². The summed E-state index contributed by atoms with van der Waals surface area (Å²) in [5.41, 5.74) is 1.65. The molecule has 0 aliphatic carbocycles. The molecule has 0 aliphatic heterocycles. The van der Waals surface area contributed by atoms with Gasteiger partial charge in [-0.05, 0) is 25.1 Å². The molecular formula is C9H8ClN3. The van der Waals surface area contributed by atoms with E-state index in [1.165, 1.54) is 0 Å². The molecule has 66 valence electrons. The van der Waals surface area contributed by atoms with Gasteiger partial charge in [0.15, 0.2) is 5.65 Å². The summed E-state index contributed by atoms with van der Waals surface area (Å²) < 4.78 is 1.66. The van der Waals surface area contributed by atoms with E-state index < -0.39 is 0 Å². The van der Waals surface area contributed by atoms with Gasteiger partial charge >= 0.3 is 0 Å². The topological polar surface area (TPSA) is 30.2 Å². The molecular weight excluding hydrogens is 186 g/mol. The maximum atomic E-state index is 5.72. The summed E-state index contributed by atoms with van der Waals surface area (Å²) in [5.74, 6) is 0. The Morgan fingerprint density at radius 3 is 3.08 bits per heavy atom. The van der Waals surface area contributed by atoms with Crippen LogP contribution in [0, 0.1) is 0 Å². The molecule has 0 unspecified atom stereocenters. The van der Waals surface area contributed by atoms with Crippen molar-refractivity contribution in [2.45, 2.75) is 6.92 Å². The number of allylic oxidation sites excluding steroid dienone is 1. The molecule has 2 aromatic rings. The van der Waals surface area contributed by atoms with Gasteiger partial charge in [-0.1, -0.05) is 17.7 Å². The van der Waals surface area contributed by atoms with Crippen molar-refractivity contribution in [1.29, 1.82) is 0 Å². The fourth-order valence-electron chi connectivity index (χ4n) is 1.13. The fourth-order valence-corrected chi connectivity index (χ4v) is 1.31. The normalized spacial score (nSPS) is 11.5. The van der Waals surface area contributed by atoms with Crippen LogP contribution >= 0.6 is 11.6 Å². The molecule has 0 N–H and O–H groups in total. The SMILES string of the molecule is CC=Cc1ccc2nc(Cl)cn2n1. The molecule has 0 aliphatic rings. The second-order valence-electron chi connectivity index (χ2n) is 2.62. The van der Waals surface area contributed by atoms with Crippen molar-refractivity contribution in [2.75, 3.05) is 0 Å². The lowest BCUT2D eigenvalue weighted by atomic mass is 10.3. The zero-order chi connectivity index (χ0) is 9.26. The van der Waals surface area contributed by atoms with Gasteiger partial charge in [0.05, 0.1) is 11.9 Å². The van der Waals surface area contributed by atoms with Gasteiger partial charge in [0.1, 0.15) is 5.15 Å². The molecule has 0 aromatic carbocycles. The van der Waals surface area contributed by atoms with Crippen molar-refractivity contribution in [3.05, 3.63) is 35.3 Å². The van der Waals surface area contributed by atoms with E-state index in [2.05, 4.69) is 10.1 Å². The summed E-state index contributed by atoms with van der Waals surface area (Å²) in [6, 6.07) is 3.78. The number of rotatable bonds is 1. The van der Waals surface area contributed by atoms with Crippen LogP contribution in [0.3, 0.4) is 0 Å². The Morgan fingerprint density at radius 2 is 2.31 bits per heavy atom. The third kappa shape index (κ3) is 1.55. The van der Waals surface area contributed by atoms with Crippen LogP contribution in [0.1, 0.15) is 12.6 Å². The zero-order valence-electron chi connectivity index (χ0n) is 7.11. The molecule has 13 heavy (non-hydrogen) atoms. The van der Waals surface area contributed by atoms with Crippen LogP contribution in [0.25, 0.3) is 11.7 Å². The van der Waals surface area contributed by atoms with Crippen LogP contribution < -0.4 is 0 Å². The number of fused-ring (bicyclic) bond motifs is 1. The first-order valence-electron chi connectivity index (χ1n) is 3.94. The standard InChI is InChI=1S/C9H8ClN3/c1-2-3-7-4-5-9-11-8(10)6-13(9)12-7/h2-6H,1H3. The van der Waals surface area contributed by atoms with Gasteiger partial charge < -0.3 is 0 Å². The highest BCUT2D eigenvalue weighted by atomic mass is 35.5. The summed E-state index contributed by atoms with van der Waals surface area (Å²) in [6.45, 7) is 1.95. The van der Waals surface area contributed by atoms with Crippen molar-refractivity contribution in [2.24, 2.45) is 0 Å². The second kappa shape index (κ2) is 3.18. The smallest absolute Gasteiger partial charge is 0.155 e. The molecule has 4 heteroatoms. The Hall–Kier alpha value is -1.35. The van der Waals surface area contributed by atoms with Crippen molar-refractivity contribution >= 4 is 23.3 Å². The van der Waals surface area contributed by atoms with E-state index >= 15 is 0 Å². The second-order valence-corrected chi connectivity index (χ2v) is 3.01. The lowest BCUT2D eigenvalue weighted by Gasteiger charge is -1.93. The van der Waals surface area contributed by atoms with Gasteiger partial charge in [-0.3, -0.25) is 0 Å². The summed E-state index contributed by atoms with van der Waals surface area (Å²) >= 11 is 5.72. The third-order valence-electron chi connectivity index (χ3n) is 1.65. The number of hydrogen-bond donors (Lipinski definition) is 0. The van der Waals surface area contributed by atoms with E-state index in [1.54, 1.807) is 10.7 Å². The van der Waals surface area contributed by atoms with Crippen LogP contribution in [-0.4, -0.2) is 14.6 Å². The summed E-state index contributed by atoms with van der Waals surface area (Å²) in [7, 11) is 0. The minimum absolute atomic E-state index is 0.463. The lowest BCUT2D eigenvalue weighted by molar-refractivity contribution is 0.926. The van der Waals surface area contributed by atoms with Crippen LogP contribution in [0.15, 0.2) is 24.4 Å². The quantitative estimate of drug-likeness (QED) is 0.696. The Bertz CT molecular complexity index is 459. The summed E-state index contributed by atoms with van der Waals surface area (Å²) in [6.07, 6.45) is 5.55. The van der Waals surface area contributed by atoms with E-state index in [1.807, 2.05) is 31.2 Å². The molecule has 2 rings (SSSR count). The van der Waals surface area contributed by atoms with Gasteiger partial charge in [-0.2, -0.15) is 5.10 Å². The molecule has 0 spiro atoms. The van der Waals surface area contributed by atoms with Gasteiger partial charge in [0.2, 0.25) is 0 Å². The van der Waals surface area contributed by atoms with Crippen LogP contribution in [0.2, 0.25) is 5.15 Å². The highest BCUT2D eigenvalue weighted by Gasteiger charge is 1.98. The van der Waals surface area contributed by atoms with E-state index in [9.17, 15) is 0 Å². The number of hydrogen-bond acceptors (Lipinski definition) is 2. The third-order valence-corrected chi connectivity index (χ3v) is 1.83. The Kier molecular flexibility index (Phi) is 2.02. The molecule has 2 aromatic heterocycles. The molecule has 0 saturated carbocycles. The average Bonchev–Trinajstić information content (AvgIpc) is 2.44. The van der Waals surface area contributed by atoms with Crippen LogP contribution in [0.5, 0.6) is 0 Å².